The van der Waals surface area contributed by atoms with Crippen LogP contribution in [0.5, 0.6) is 0 Å². The van der Waals surface area contributed by atoms with Crippen LogP contribution in [0.3, 0.4) is 0 Å². The molecule has 7 heteroatoms. The van der Waals surface area contributed by atoms with Crippen LogP contribution in [0, 0.1) is 0 Å². The summed E-state index contributed by atoms with van der Waals surface area (Å²) in [5.74, 6) is 0.143. The predicted octanol–water partition coefficient (Wildman–Crippen LogP) is 2.45. The number of hydrogen-bond donors (Lipinski definition) is 1. The van der Waals surface area contributed by atoms with E-state index in [2.05, 4.69) is 20.9 Å². The Hall–Kier alpha value is -1.08. The molecule has 1 heterocycles. The first-order valence-electron chi connectivity index (χ1n) is 5.18. The topological polar surface area (TPSA) is 86.2 Å². The summed E-state index contributed by atoms with van der Waals surface area (Å²) >= 11 is 3.30. The van der Waals surface area contributed by atoms with E-state index < -0.39 is 14.6 Å². The molecule has 0 unspecified atom stereocenters. The summed E-state index contributed by atoms with van der Waals surface area (Å²) in [6.07, 6.45) is 1.15. The van der Waals surface area contributed by atoms with E-state index in [1.807, 2.05) is 0 Å². The second-order valence-electron chi connectivity index (χ2n) is 4.64. The van der Waals surface area contributed by atoms with Crippen LogP contribution in [0.15, 0.2) is 21.0 Å². The van der Waals surface area contributed by atoms with Gasteiger partial charge >= 0.3 is 0 Å². The van der Waals surface area contributed by atoms with Gasteiger partial charge in [-0.25, -0.2) is 13.4 Å². The van der Waals surface area contributed by atoms with Gasteiger partial charge < -0.3 is 10.2 Å². The Morgan fingerprint density at radius 3 is 2.56 bits per heavy atom. The van der Waals surface area contributed by atoms with Crippen molar-refractivity contribution in [1.29, 1.82) is 0 Å². The maximum atomic E-state index is 11.7. The molecule has 18 heavy (non-hydrogen) atoms. The summed E-state index contributed by atoms with van der Waals surface area (Å²) in [5, 5.41) is 0. The van der Waals surface area contributed by atoms with E-state index >= 15 is 0 Å². The highest BCUT2D eigenvalue weighted by molar-refractivity contribution is 9.10. The normalized spacial score (nSPS) is 13.1. The zero-order valence-corrected chi connectivity index (χ0v) is 12.6. The van der Waals surface area contributed by atoms with Crippen LogP contribution < -0.4 is 5.73 Å². The summed E-state index contributed by atoms with van der Waals surface area (Å²) in [4.78, 5) is 4.22. The molecular weight excluding hydrogens is 320 g/mol. The molecule has 0 aliphatic heterocycles. The molecule has 0 amide bonds. The van der Waals surface area contributed by atoms with Crippen molar-refractivity contribution in [3.8, 4) is 0 Å². The molecule has 98 valence electrons. The number of aromatic nitrogens is 1. The third-order valence-electron chi connectivity index (χ3n) is 2.93. The number of rotatable bonds is 2. The maximum Gasteiger partial charge on any atom is 0.216 e. The van der Waals surface area contributed by atoms with Crippen LogP contribution in [0.1, 0.15) is 19.7 Å². The Kier molecular flexibility index (Phi) is 2.94. The van der Waals surface area contributed by atoms with Gasteiger partial charge in [0.15, 0.2) is 15.4 Å². The van der Waals surface area contributed by atoms with Crippen LogP contribution in [0.4, 0.5) is 5.69 Å². The third-order valence-corrected chi connectivity index (χ3v) is 5.41. The van der Waals surface area contributed by atoms with E-state index in [0.29, 0.717) is 16.8 Å². The maximum absolute atomic E-state index is 11.7. The zero-order valence-electron chi connectivity index (χ0n) is 10.2. The van der Waals surface area contributed by atoms with Gasteiger partial charge in [-0.15, -0.1) is 0 Å². The third kappa shape index (κ3) is 2.01. The number of hydrogen-bond acceptors (Lipinski definition) is 5. The Labute approximate surface area is 113 Å². The number of nitrogens with two attached hydrogens (primary N) is 1. The van der Waals surface area contributed by atoms with Crippen LogP contribution in [-0.2, 0) is 14.6 Å². The molecule has 0 radical (unpaired) electrons. The zero-order chi connectivity index (χ0) is 13.7. The van der Waals surface area contributed by atoms with E-state index in [0.717, 1.165) is 10.7 Å². The lowest BCUT2D eigenvalue weighted by Crippen LogP contribution is -2.28. The number of nitrogen functional groups attached to an aromatic ring is 1. The van der Waals surface area contributed by atoms with E-state index in [-0.39, 0.29) is 5.89 Å². The van der Waals surface area contributed by atoms with Crippen LogP contribution in [0.25, 0.3) is 11.1 Å². The van der Waals surface area contributed by atoms with Gasteiger partial charge in [0.05, 0.1) is 5.69 Å². The van der Waals surface area contributed by atoms with Crippen molar-refractivity contribution in [3.05, 3.63) is 22.5 Å². The van der Waals surface area contributed by atoms with Gasteiger partial charge in [-0.05, 0) is 26.0 Å². The first kappa shape index (κ1) is 13.4. The van der Waals surface area contributed by atoms with Gasteiger partial charge in [-0.2, -0.15) is 0 Å². The van der Waals surface area contributed by atoms with Gasteiger partial charge in [0, 0.05) is 10.7 Å². The van der Waals surface area contributed by atoms with Gasteiger partial charge in [-0.3, -0.25) is 0 Å². The lowest BCUT2D eigenvalue weighted by Gasteiger charge is -2.17. The number of benzene rings is 1. The summed E-state index contributed by atoms with van der Waals surface area (Å²) in [7, 11) is -3.33. The molecule has 0 bridgehead atoms. The minimum Gasteiger partial charge on any atom is -0.437 e. The molecule has 0 aliphatic carbocycles. The monoisotopic (exact) mass is 332 g/mol. The first-order valence-corrected chi connectivity index (χ1v) is 7.87. The number of sulfone groups is 1. The summed E-state index contributed by atoms with van der Waals surface area (Å²) in [5.41, 5.74) is 7.17. The summed E-state index contributed by atoms with van der Waals surface area (Å²) in [6, 6.07) is 3.42. The van der Waals surface area contributed by atoms with Crippen molar-refractivity contribution in [2.75, 3.05) is 12.0 Å². The second-order valence-corrected chi connectivity index (χ2v) is 8.13. The van der Waals surface area contributed by atoms with Gasteiger partial charge in [-0.1, -0.05) is 15.9 Å². The first-order chi connectivity index (χ1) is 8.13. The molecule has 2 N–H and O–H groups in total. The largest absolute Gasteiger partial charge is 0.437 e. The fourth-order valence-electron chi connectivity index (χ4n) is 1.44. The molecule has 2 aromatic rings. The molecule has 0 aliphatic rings. The number of anilines is 1. The molecule has 0 saturated heterocycles. The van der Waals surface area contributed by atoms with Crippen molar-refractivity contribution in [1.82, 2.24) is 4.98 Å². The second kappa shape index (κ2) is 3.96. The number of fused-ring (bicyclic) bond motifs is 1. The SMILES string of the molecule is CC(C)(c1nc2cc(Br)cc(N)c2o1)S(C)(=O)=O. The van der Waals surface area contributed by atoms with Crippen molar-refractivity contribution < 1.29 is 12.8 Å². The van der Waals surface area contributed by atoms with E-state index in [1.165, 1.54) is 0 Å². The minimum absolute atomic E-state index is 0.143. The van der Waals surface area contributed by atoms with Crippen LogP contribution in [-0.4, -0.2) is 19.7 Å². The molecule has 0 fully saturated rings. The summed E-state index contributed by atoms with van der Waals surface area (Å²) < 4.78 is 28.6. The van der Waals surface area contributed by atoms with Gasteiger partial charge in [0.2, 0.25) is 5.89 Å². The quantitative estimate of drug-likeness (QED) is 0.853. The Balaban J connectivity index is 2.72. The van der Waals surface area contributed by atoms with Crippen LogP contribution >= 0.6 is 15.9 Å². The molecule has 0 spiro atoms. The Morgan fingerprint density at radius 1 is 1.39 bits per heavy atom. The minimum atomic E-state index is -3.33. The Bertz CT molecular complexity index is 719. The van der Waals surface area contributed by atoms with Gasteiger partial charge in [0.25, 0.3) is 0 Å². The molecule has 0 atom stereocenters. The number of nitrogens with zero attached hydrogens (tertiary/aromatic N) is 1. The lowest BCUT2D eigenvalue weighted by atomic mass is 10.2. The molecule has 0 saturated carbocycles. The average Bonchev–Trinajstić information content (AvgIpc) is 2.59. The average molecular weight is 333 g/mol. The van der Waals surface area contributed by atoms with Crippen molar-refractivity contribution in [2.45, 2.75) is 18.6 Å². The number of oxazole rings is 1. The fourth-order valence-corrected chi connectivity index (χ4v) is 2.31. The van der Waals surface area contributed by atoms with Crippen molar-refractivity contribution in [3.63, 3.8) is 0 Å². The molecule has 5 nitrogen and oxygen atoms in total. The van der Waals surface area contributed by atoms with E-state index in [9.17, 15) is 8.42 Å². The highest BCUT2D eigenvalue weighted by Crippen LogP contribution is 2.34. The van der Waals surface area contributed by atoms with Crippen molar-refractivity contribution >= 4 is 42.6 Å². The van der Waals surface area contributed by atoms with Gasteiger partial charge in [0.1, 0.15) is 10.3 Å². The molecule has 2 rings (SSSR count). The molecule has 1 aromatic carbocycles. The van der Waals surface area contributed by atoms with E-state index in [4.69, 9.17) is 10.2 Å². The van der Waals surface area contributed by atoms with Crippen LogP contribution in [0.2, 0.25) is 0 Å². The lowest BCUT2D eigenvalue weighted by molar-refractivity contribution is 0.455. The predicted molar refractivity (Wildman–Crippen MR) is 74.0 cm³/mol. The summed E-state index contributed by atoms with van der Waals surface area (Å²) in [6.45, 7) is 3.11. The van der Waals surface area contributed by atoms with E-state index in [1.54, 1.807) is 26.0 Å². The highest BCUT2D eigenvalue weighted by Gasteiger charge is 2.37. The Morgan fingerprint density at radius 2 is 2.00 bits per heavy atom. The number of halogens is 1. The molecular formula is C11H13BrN2O3S. The fraction of sp³-hybridized carbons (Fsp3) is 0.364. The molecule has 1 aromatic heterocycles. The highest BCUT2D eigenvalue weighted by atomic mass is 79.9. The smallest absolute Gasteiger partial charge is 0.216 e. The standard InChI is InChI=1S/C11H13BrN2O3S/c1-11(2,18(3,15)16)10-14-8-5-6(12)4-7(13)9(8)17-10/h4-5H,13H2,1-3H3. The van der Waals surface area contributed by atoms with Crippen molar-refractivity contribution in [2.24, 2.45) is 0 Å².